The zero-order chi connectivity index (χ0) is 14.0. The average molecular weight is 330 g/mol. The first-order valence-corrected chi connectivity index (χ1v) is 7.01. The number of hydrogen-bond donors (Lipinski definition) is 0. The summed E-state index contributed by atoms with van der Waals surface area (Å²) in [7, 11) is 3.00. The summed E-state index contributed by atoms with van der Waals surface area (Å²) in [6, 6.07) is 3.13. The summed E-state index contributed by atoms with van der Waals surface area (Å²) < 4.78 is 10.3. The van der Waals surface area contributed by atoms with E-state index in [0.29, 0.717) is 29.4 Å². The van der Waals surface area contributed by atoms with E-state index < -0.39 is 0 Å². The van der Waals surface area contributed by atoms with Crippen molar-refractivity contribution in [3.05, 3.63) is 27.8 Å². The zero-order valence-corrected chi connectivity index (χ0v) is 12.5. The van der Waals surface area contributed by atoms with Crippen molar-refractivity contribution in [3.8, 4) is 11.5 Å². The topological polar surface area (TPSA) is 61.6 Å². The molecule has 19 heavy (non-hydrogen) atoms. The van der Waals surface area contributed by atoms with Gasteiger partial charge in [0.1, 0.15) is 0 Å². The molecule has 1 unspecified atom stereocenters. The maximum Gasteiger partial charge on any atom is 0.276 e. The van der Waals surface area contributed by atoms with Crippen LogP contribution >= 0.6 is 15.9 Å². The molecule has 0 aliphatic heterocycles. The van der Waals surface area contributed by atoms with Gasteiger partial charge in [-0.2, -0.15) is 0 Å². The Morgan fingerprint density at radius 1 is 1.37 bits per heavy atom. The highest BCUT2D eigenvalue weighted by molar-refractivity contribution is 9.09. The third kappa shape index (κ3) is 3.18. The van der Waals surface area contributed by atoms with Gasteiger partial charge < -0.3 is 9.47 Å². The molecule has 1 atom stereocenters. The molecule has 1 aromatic rings. The number of alkyl halides is 1. The number of hydrogen-bond acceptors (Lipinski definition) is 4. The van der Waals surface area contributed by atoms with Crippen LogP contribution in [-0.2, 0) is 6.42 Å². The minimum atomic E-state index is -0.371. The summed E-state index contributed by atoms with van der Waals surface area (Å²) in [5.41, 5.74) is 0.763. The third-order valence-corrected chi connectivity index (χ3v) is 4.40. The summed E-state index contributed by atoms with van der Waals surface area (Å²) in [5, 5.41) is 11.2. The number of benzene rings is 1. The van der Waals surface area contributed by atoms with Gasteiger partial charge in [-0.3, -0.25) is 10.1 Å². The van der Waals surface area contributed by atoms with Crippen molar-refractivity contribution < 1.29 is 14.4 Å². The molecule has 1 fully saturated rings. The maximum atomic E-state index is 11.2. The van der Waals surface area contributed by atoms with Gasteiger partial charge >= 0.3 is 0 Å². The minimum absolute atomic E-state index is 0.0859. The molecule has 1 saturated carbocycles. The van der Waals surface area contributed by atoms with Crippen molar-refractivity contribution in [2.45, 2.75) is 24.1 Å². The summed E-state index contributed by atoms with van der Waals surface area (Å²) in [5.74, 6) is 1.54. The van der Waals surface area contributed by atoms with Crippen LogP contribution in [-0.4, -0.2) is 24.0 Å². The van der Waals surface area contributed by atoms with E-state index in [1.807, 2.05) is 0 Å². The number of nitrogens with zero attached hydrogens (tertiary/aromatic N) is 1. The lowest BCUT2D eigenvalue weighted by Gasteiger charge is -2.12. The van der Waals surface area contributed by atoms with E-state index in [2.05, 4.69) is 15.9 Å². The predicted molar refractivity (Wildman–Crippen MR) is 75.3 cm³/mol. The van der Waals surface area contributed by atoms with E-state index in [9.17, 15) is 10.1 Å². The molecular weight excluding hydrogens is 314 g/mol. The molecule has 0 bridgehead atoms. The second-order valence-electron chi connectivity index (χ2n) is 4.65. The molecule has 1 aromatic carbocycles. The summed E-state index contributed by atoms with van der Waals surface area (Å²) in [6.45, 7) is 0. The van der Waals surface area contributed by atoms with Gasteiger partial charge in [0.15, 0.2) is 11.5 Å². The molecular formula is C13H16BrNO4. The average Bonchev–Trinajstić information content (AvgIpc) is 3.22. The Balaban J connectivity index is 2.35. The second kappa shape index (κ2) is 5.77. The largest absolute Gasteiger partial charge is 0.493 e. The van der Waals surface area contributed by atoms with Gasteiger partial charge in [0.2, 0.25) is 0 Å². The Hall–Kier alpha value is -1.30. The normalized spacial score (nSPS) is 15.9. The van der Waals surface area contributed by atoms with Gasteiger partial charge in [-0.25, -0.2) is 0 Å². The summed E-state index contributed by atoms with van der Waals surface area (Å²) in [4.78, 5) is 11.1. The molecule has 0 spiro atoms. The van der Waals surface area contributed by atoms with Crippen molar-refractivity contribution in [2.75, 3.05) is 14.2 Å². The molecule has 5 nitrogen and oxygen atoms in total. The molecule has 0 radical (unpaired) electrons. The molecule has 0 heterocycles. The molecule has 2 rings (SSSR count). The van der Waals surface area contributed by atoms with Crippen LogP contribution in [0, 0.1) is 16.0 Å². The zero-order valence-electron chi connectivity index (χ0n) is 10.9. The fourth-order valence-corrected chi connectivity index (χ4v) is 2.96. The van der Waals surface area contributed by atoms with E-state index in [0.717, 1.165) is 0 Å². The maximum absolute atomic E-state index is 11.2. The lowest BCUT2D eigenvalue weighted by Crippen LogP contribution is -2.08. The first-order chi connectivity index (χ1) is 9.06. The van der Waals surface area contributed by atoms with Crippen LogP contribution in [0.15, 0.2) is 12.1 Å². The quantitative estimate of drug-likeness (QED) is 0.456. The Labute approximate surface area is 120 Å². The van der Waals surface area contributed by atoms with Gasteiger partial charge in [-0.05, 0) is 31.2 Å². The van der Waals surface area contributed by atoms with Gasteiger partial charge in [-0.15, -0.1) is 0 Å². The van der Waals surface area contributed by atoms with Crippen LogP contribution in [0.5, 0.6) is 11.5 Å². The molecule has 104 valence electrons. The number of ether oxygens (including phenoxy) is 2. The molecule has 0 saturated heterocycles. The van der Waals surface area contributed by atoms with Crippen molar-refractivity contribution in [1.82, 2.24) is 0 Å². The van der Waals surface area contributed by atoms with Crippen LogP contribution in [0.4, 0.5) is 5.69 Å². The van der Waals surface area contributed by atoms with E-state index in [4.69, 9.17) is 9.47 Å². The van der Waals surface area contributed by atoms with E-state index in [1.165, 1.54) is 33.1 Å². The van der Waals surface area contributed by atoms with Crippen molar-refractivity contribution >= 4 is 21.6 Å². The molecule has 1 aliphatic carbocycles. The highest BCUT2D eigenvalue weighted by atomic mass is 79.9. The fourth-order valence-electron chi connectivity index (χ4n) is 2.08. The molecule has 0 aromatic heterocycles. The van der Waals surface area contributed by atoms with Gasteiger partial charge in [0.25, 0.3) is 5.69 Å². The van der Waals surface area contributed by atoms with Gasteiger partial charge in [0, 0.05) is 10.4 Å². The second-order valence-corrected chi connectivity index (χ2v) is 5.83. The Kier molecular flexibility index (Phi) is 4.29. The lowest BCUT2D eigenvalue weighted by molar-refractivity contribution is -0.385. The first kappa shape index (κ1) is 14.1. The van der Waals surface area contributed by atoms with Gasteiger partial charge in [0.05, 0.1) is 25.2 Å². The monoisotopic (exact) mass is 329 g/mol. The van der Waals surface area contributed by atoms with Crippen LogP contribution in [0.2, 0.25) is 0 Å². The van der Waals surface area contributed by atoms with Crippen LogP contribution < -0.4 is 9.47 Å². The standard InChI is InChI=1S/C13H16BrNO4/c1-18-12-6-9(5-10(14)8-3-4-8)11(15(16)17)7-13(12)19-2/h6-8,10H,3-5H2,1-2H3. The predicted octanol–water partition coefficient (Wildman–Crippen LogP) is 3.33. The van der Waals surface area contributed by atoms with E-state index in [-0.39, 0.29) is 15.4 Å². The summed E-state index contributed by atoms with van der Waals surface area (Å²) in [6.07, 6.45) is 3.01. The number of methoxy groups -OCH3 is 2. The SMILES string of the molecule is COc1cc(CC(Br)C2CC2)c([N+](=O)[O-])cc1OC. The smallest absolute Gasteiger partial charge is 0.276 e. The van der Waals surface area contributed by atoms with Crippen LogP contribution in [0.3, 0.4) is 0 Å². The molecule has 0 N–H and O–H groups in total. The Bertz CT molecular complexity index is 488. The van der Waals surface area contributed by atoms with Crippen molar-refractivity contribution in [3.63, 3.8) is 0 Å². The van der Waals surface area contributed by atoms with E-state index >= 15 is 0 Å². The fraction of sp³-hybridized carbons (Fsp3) is 0.538. The number of nitro groups is 1. The summed E-state index contributed by atoms with van der Waals surface area (Å²) >= 11 is 3.61. The molecule has 6 heteroatoms. The third-order valence-electron chi connectivity index (χ3n) is 3.33. The highest BCUT2D eigenvalue weighted by Crippen LogP contribution is 2.41. The van der Waals surface area contributed by atoms with Crippen molar-refractivity contribution in [2.24, 2.45) is 5.92 Å². The number of nitro benzene ring substituents is 1. The first-order valence-electron chi connectivity index (χ1n) is 6.10. The van der Waals surface area contributed by atoms with E-state index in [1.54, 1.807) is 6.07 Å². The lowest BCUT2D eigenvalue weighted by atomic mass is 10.0. The van der Waals surface area contributed by atoms with Gasteiger partial charge in [-0.1, -0.05) is 15.9 Å². The highest BCUT2D eigenvalue weighted by Gasteiger charge is 2.31. The van der Waals surface area contributed by atoms with Crippen LogP contribution in [0.25, 0.3) is 0 Å². The number of halogens is 1. The Morgan fingerprint density at radius 2 is 1.95 bits per heavy atom. The minimum Gasteiger partial charge on any atom is -0.493 e. The van der Waals surface area contributed by atoms with Crippen LogP contribution in [0.1, 0.15) is 18.4 Å². The van der Waals surface area contributed by atoms with Crippen molar-refractivity contribution in [1.29, 1.82) is 0 Å². The molecule has 0 amide bonds. The number of rotatable bonds is 6. The Morgan fingerprint density at radius 3 is 2.42 bits per heavy atom. The molecule has 1 aliphatic rings.